The van der Waals surface area contributed by atoms with E-state index in [4.69, 9.17) is 14.2 Å². The van der Waals surface area contributed by atoms with Crippen LogP contribution in [0.5, 0.6) is 17.2 Å². The summed E-state index contributed by atoms with van der Waals surface area (Å²) in [5.41, 5.74) is 1.64. The Balaban J connectivity index is 1.72. The average molecular weight is 505 g/mol. The van der Waals surface area contributed by atoms with Gasteiger partial charge in [0.2, 0.25) is 0 Å². The van der Waals surface area contributed by atoms with Crippen LogP contribution >= 0.6 is 15.9 Å². The van der Waals surface area contributed by atoms with Crippen LogP contribution in [0.2, 0.25) is 0 Å². The summed E-state index contributed by atoms with van der Waals surface area (Å²) in [6.07, 6.45) is 1.38. The number of nitrogens with zero attached hydrogens (tertiary/aromatic N) is 1. The molecule has 1 N–H and O–H groups in total. The zero-order chi connectivity index (χ0) is 22.3. The zero-order valence-corrected chi connectivity index (χ0v) is 19.3. The van der Waals surface area contributed by atoms with Crippen LogP contribution in [0.15, 0.2) is 81.2 Å². The Hall–Kier alpha value is -3.04. The van der Waals surface area contributed by atoms with E-state index in [1.165, 1.54) is 32.6 Å². The van der Waals surface area contributed by atoms with Gasteiger partial charge in [0.25, 0.3) is 10.0 Å². The normalized spacial score (nSPS) is 11.3. The first-order valence-electron chi connectivity index (χ1n) is 9.16. The first-order valence-corrected chi connectivity index (χ1v) is 11.4. The molecule has 0 saturated carbocycles. The van der Waals surface area contributed by atoms with Crippen LogP contribution in [0.4, 0.5) is 0 Å². The Morgan fingerprint density at radius 2 is 1.71 bits per heavy atom. The molecule has 0 unspecified atom stereocenters. The third-order valence-corrected chi connectivity index (χ3v) is 6.06. The van der Waals surface area contributed by atoms with Gasteiger partial charge in [-0.05, 0) is 63.5 Å². The fourth-order valence-electron chi connectivity index (χ4n) is 2.66. The molecule has 31 heavy (non-hydrogen) atoms. The molecule has 7 nitrogen and oxygen atoms in total. The second kappa shape index (κ2) is 10.3. The summed E-state index contributed by atoms with van der Waals surface area (Å²) in [4.78, 5) is 2.27. The SMILES string of the molecule is COc1ccc(S(=O)(=O)N/N=C\c2cc(Br)c(OCc3ccccc3)c(OC)c2)cc1. The maximum atomic E-state index is 12.4. The molecule has 3 rings (SSSR count). The minimum atomic E-state index is -3.80. The van der Waals surface area contributed by atoms with E-state index >= 15 is 0 Å². The smallest absolute Gasteiger partial charge is 0.276 e. The van der Waals surface area contributed by atoms with Gasteiger partial charge in [0.05, 0.1) is 29.8 Å². The lowest BCUT2D eigenvalue weighted by Gasteiger charge is -2.13. The second-order valence-electron chi connectivity index (χ2n) is 6.34. The summed E-state index contributed by atoms with van der Waals surface area (Å²) in [5.74, 6) is 1.60. The lowest BCUT2D eigenvalue weighted by Crippen LogP contribution is -2.18. The van der Waals surface area contributed by atoms with Gasteiger partial charge in [-0.1, -0.05) is 30.3 Å². The molecule has 0 aliphatic rings. The van der Waals surface area contributed by atoms with E-state index in [-0.39, 0.29) is 4.90 Å². The third kappa shape index (κ3) is 5.99. The monoisotopic (exact) mass is 504 g/mol. The van der Waals surface area contributed by atoms with E-state index in [1.54, 1.807) is 24.3 Å². The number of hydrazone groups is 1. The van der Waals surface area contributed by atoms with E-state index < -0.39 is 10.0 Å². The van der Waals surface area contributed by atoms with Crippen molar-refractivity contribution in [3.8, 4) is 17.2 Å². The third-order valence-electron chi connectivity index (χ3n) is 4.23. The van der Waals surface area contributed by atoms with E-state index in [0.29, 0.717) is 33.9 Å². The Morgan fingerprint density at radius 1 is 1.00 bits per heavy atom. The van der Waals surface area contributed by atoms with Crippen LogP contribution in [0.1, 0.15) is 11.1 Å². The lowest BCUT2D eigenvalue weighted by atomic mass is 10.2. The highest BCUT2D eigenvalue weighted by Gasteiger charge is 2.14. The summed E-state index contributed by atoms with van der Waals surface area (Å²) in [6.45, 7) is 0.380. The summed E-state index contributed by atoms with van der Waals surface area (Å²) >= 11 is 3.48. The fourth-order valence-corrected chi connectivity index (χ4v) is 4.03. The predicted molar refractivity (Wildman–Crippen MR) is 122 cm³/mol. The quantitative estimate of drug-likeness (QED) is 0.345. The van der Waals surface area contributed by atoms with Crippen LogP contribution in [0, 0.1) is 0 Å². The number of rotatable bonds is 9. The van der Waals surface area contributed by atoms with Gasteiger partial charge in [0, 0.05) is 0 Å². The molecule has 3 aromatic rings. The van der Waals surface area contributed by atoms with Crippen molar-refractivity contribution < 1.29 is 22.6 Å². The van der Waals surface area contributed by atoms with Gasteiger partial charge < -0.3 is 14.2 Å². The summed E-state index contributed by atoms with van der Waals surface area (Å²) < 4.78 is 41.7. The number of sulfonamides is 1. The Kier molecular flexibility index (Phi) is 7.54. The highest BCUT2D eigenvalue weighted by molar-refractivity contribution is 9.10. The molecule has 9 heteroatoms. The molecule has 0 aromatic heterocycles. The molecule has 0 radical (unpaired) electrons. The maximum absolute atomic E-state index is 12.4. The van der Waals surface area contributed by atoms with Crippen LogP contribution in [-0.4, -0.2) is 28.9 Å². The van der Waals surface area contributed by atoms with Gasteiger partial charge in [0.1, 0.15) is 12.4 Å². The first-order chi connectivity index (χ1) is 14.9. The number of nitrogens with one attached hydrogen (secondary N) is 1. The molecule has 0 amide bonds. The molecule has 3 aromatic carbocycles. The summed E-state index contributed by atoms with van der Waals surface area (Å²) in [5, 5.41) is 3.86. The van der Waals surface area contributed by atoms with Crippen LogP contribution in [0.25, 0.3) is 0 Å². The van der Waals surface area contributed by atoms with Gasteiger partial charge in [-0.25, -0.2) is 4.83 Å². The lowest BCUT2D eigenvalue weighted by molar-refractivity contribution is 0.282. The minimum absolute atomic E-state index is 0.0777. The molecule has 0 aliphatic heterocycles. The van der Waals surface area contributed by atoms with E-state index in [2.05, 4.69) is 25.9 Å². The largest absolute Gasteiger partial charge is 0.497 e. The van der Waals surface area contributed by atoms with Gasteiger partial charge in [-0.3, -0.25) is 0 Å². The average Bonchev–Trinajstić information content (AvgIpc) is 2.78. The van der Waals surface area contributed by atoms with Crippen molar-refractivity contribution in [1.29, 1.82) is 0 Å². The maximum Gasteiger partial charge on any atom is 0.276 e. The number of methoxy groups -OCH3 is 2. The van der Waals surface area contributed by atoms with Gasteiger partial charge in [0.15, 0.2) is 11.5 Å². The second-order valence-corrected chi connectivity index (χ2v) is 8.85. The van der Waals surface area contributed by atoms with Gasteiger partial charge >= 0.3 is 0 Å². The molecule has 0 fully saturated rings. The molecule has 0 bridgehead atoms. The summed E-state index contributed by atoms with van der Waals surface area (Å²) in [6, 6.07) is 19.2. The molecular formula is C22H21BrN2O5S. The molecule has 0 saturated heterocycles. The number of halogens is 1. The minimum Gasteiger partial charge on any atom is -0.497 e. The van der Waals surface area contributed by atoms with E-state index in [0.717, 1.165) is 5.56 Å². The van der Waals surface area contributed by atoms with E-state index in [9.17, 15) is 8.42 Å². The van der Waals surface area contributed by atoms with Gasteiger partial charge in [-0.2, -0.15) is 13.5 Å². The molecular weight excluding hydrogens is 484 g/mol. The van der Waals surface area contributed by atoms with E-state index in [1.807, 2.05) is 30.3 Å². The standard InChI is InChI=1S/C22H21BrN2O5S/c1-28-18-8-10-19(11-9-18)31(26,27)25-24-14-17-12-20(23)22(21(13-17)29-2)30-15-16-6-4-3-5-7-16/h3-14,25H,15H2,1-2H3/b24-14-. The van der Waals surface area contributed by atoms with Crippen molar-refractivity contribution in [2.24, 2.45) is 5.10 Å². The van der Waals surface area contributed by atoms with Crippen LogP contribution < -0.4 is 19.0 Å². The van der Waals surface area contributed by atoms with Crippen molar-refractivity contribution in [3.63, 3.8) is 0 Å². The molecule has 0 heterocycles. The molecule has 0 spiro atoms. The van der Waals surface area contributed by atoms with Crippen molar-refractivity contribution in [2.45, 2.75) is 11.5 Å². The van der Waals surface area contributed by atoms with Gasteiger partial charge in [-0.15, -0.1) is 0 Å². The number of hydrogen-bond acceptors (Lipinski definition) is 6. The molecule has 162 valence electrons. The van der Waals surface area contributed by atoms with Crippen LogP contribution in [-0.2, 0) is 16.6 Å². The van der Waals surface area contributed by atoms with Crippen molar-refractivity contribution in [3.05, 3.63) is 82.3 Å². The fraction of sp³-hybridized carbons (Fsp3) is 0.136. The van der Waals surface area contributed by atoms with Crippen LogP contribution in [0.3, 0.4) is 0 Å². The highest BCUT2D eigenvalue weighted by atomic mass is 79.9. The topological polar surface area (TPSA) is 86.2 Å². The Morgan fingerprint density at radius 3 is 2.35 bits per heavy atom. The first kappa shape index (κ1) is 22.6. The Labute approximate surface area is 189 Å². The number of ether oxygens (including phenoxy) is 3. The van der Waals surface area contributed by atoms with Crippen molar-refractivity contribution in [2.75, 3.05) is 14.2 Å². The number of hydrogen-bond donors (Lipinski definition) is 1. The summed E-state index contributed by atoms with van der Waals surface area (Å²) in [7, 11) is -0.757. The Bertz CT molecular complexity index is 1150. The van der Waals surface area contributed by atoms with Crippen molar-refractivity contribution >= 4 is 32.2 Å². The van der Waals surface area contributed by atoms with Crippen molar-refractivity contribution in [1.82, 2.24) is 4.83 Å². The zero-order valence-electron chi connectivity index (χ0n) is 16.9. The molecule has 0 atom stereocenters. The number of benzene rings is 3. The predicted octanol–water partition coefficient (Wildman–Crippen LogP) is 4.36. The highest BCUT2D eigenvalue weighted by Crippen LogP contribution is 2.36. The molecule has 0 aliphatic carbocycles.